The minimum Gasteiger partial charge on any atom is -0.495 e. The number of hydrogen-bond donors (Lipinski definition) is 2. The third-order valence-electron chi connectivity index (χ3n) is 3.31. The molecule has 0 unspecified atom stereocenters. The van der Waals surface area contributed by atoms with Gasteiger partial charge in [0.25, 0.3) is 0 Å². The summed E-state index contributed by atoms with van der Waals surface area (Å²) < 4.78 is 5.95. The predicted molar refractivity (Wildman–Crippen MR) is 112 cm³/mol. The zero-order valence-electron chi connectivity index (χ0n) is 14.0. The van der Waals surface area contributed by atoms with Crippen molar-refractivity contribution in [2.24, 2.45) is 0 Å². The minimum atomic E-state index is -0.232. The number of rotatable bonds is 7. The molecule has 0 aliphatic heterocycles. The average Bonchev–Trinajstić information content (AvgIpc) is 3.11. The Bertz CT molecular complexity index is 932. The molecule has 10 heteroatoms. The highest BCUT2D eigenvalue weighted by Crippen LogP contribution is 2.32. The van der Waals surface area contributed by atoms with E-state index in [-0.39, 0.29) is 11.7 Å². The van der Waals surface area contributed by atoms with Crippen molar-refractivity contribution in [1.29, 1.82) is 0 Å². The normalized spacial score (nSPS) is 10.5. The number of para-hydroxylation sites is 3. The highest BCUT2D eigenvalue weighted by Gasteiger charge is 2.12. The second-order valence-corrected chi connectivity index (χ2v) is 8.15. The Hall–Kier alpha value is -2.00. The van der Waals surface area contributed by atoms with Gasteiger partial charge in [0, 0.05) is 0 Å². The number of hydrogen-bond acceptors (Lipinski definition) is 7. The Labute approximate surface area is 174 Å². The summed E-state index contributed by atoms with van der Waals surface area (Å²) in [6, 6.07) is 12.6. The third kappa shape index (κ3) is 5.26. The summed E-state index contributed by atoms with van der Waals surface area (Å²) in [6.45, 7) is 0. The van der Waals surface area contributed by atoms with E-state index in [2.05, 4.69) is 20.8 Å². The first-order valence-electron chi connectivity index (χ1n) is 7.67. The number of carbonyl (C=O) groups excluding carboxylic acids is 1. The van der Waals surface area contributed by atoms with Crippen LogP contribution in [0.5, 0.6) is 5.75 Å². The lowest BCUT2D eigenvalue weighted by atomic mass is 10.3. The maximum atomic E-state index is 12.1. The summed E-state index contributed by atoms with van der Waals surface area (Å²) in [5.41, 5.74) is 1.20. The van der Waals surface area contributed by atoms with E-state index in [4.69, 9.17) is 27.9 Å². The van der Waals surface area contributed by atoms with Gasteiger partial charge in [0.1, 0.15) is 5.75 Å². The SMILES string of the molecule is COc1ccccc1Nc1nnc(SCC(=O)Nc2c(Cl)cccc2Cl)s1. The molecule has 0 radical (unpaired) electrons. The van der Waals surface area contributed by atoms with Crippen molar-refractivity contribution in [2.45, 2.75) is 4.34 Å². The molecule has 1 amide bonds. The number of benzene rings is 2. The molecule has 2 N–H and O–H groups in total. The van der Waals surface area contributed by atoms with Gasteiger partial charge >= 0.3 is 0 Å². The first-order chi connectivity index (χ1) is 13.1. The van der Waals surface area contributed by atoms with E-state index in [0.29, 0.717) is 31.0 Å². The van der Waals surface area contributed by atoms with Gasteiger partial charge in [0.05, 0.1) is 34.3 Å². The van der Waals surface area contributed by atoms with E-state index >= 15 is 0 Å². The van der Waals surface area contributed by atoms with E-state index in [1.807, 2.05) is 24.3 Å². The topological polar surface area (TPSA) is 76.1 Å². The summed E-state index contributed by atoms with van der Waals surface area (Å²) in [4.78, 5) is 12.1. The van der Waals surface area contributed by atoms with Crippen LogP contribution in [0.25, 0.3) is 0 Å². The molecule has 0 atom stereocenters. The van der Waals surface area contributed by atoms with Crippen LogP contribution in [0.15, 0.2) is 46.8 Å². The van der Waals surface area contributed by atoms with E-state index in [1.54, 1.807) is 25.3 Å². The monoisotopic (exact) mass is 440 g/mol. The summed E-state index contributed by atoms with van der Waals surface area (Å²) in [5.74, 6) is 0.632. The number of ether oxygens (including phenoxy) is 1. The van der Waals surface area contributed by atoms with Gasteiger partial charge in [-0.3, -0.25) is 4.79 Å². The van der Waals surface area contributed by atoms with Gasteiger partial charge in [-0.2, -0.15) is 0 Å². The Morgan fingerprint density at radius 1 is 1.15 bits per heavy atom. The van der Waals surface area contributed by atoms with Gasteiger partial charge in [-0.15, -0.1) is 10.2 Å². The summed E-state index contributed by atoms with van der Waals surface area (Å²) in [6.07, 6.45) is 0. The van der Waals surface area contributed by atoms with Crippen molar-refractivity contribution in [3.63, 3.8) is 0 Å². The second-order valence-electron chi connectivity index (χ2n) is 5.13. The molecule has 1 heterocycles. The average molecular weight is 441 g/mol. The molecule has 0 aliphatic rings. The Kier molecular flexibility index (Phi) is 6.78. The maximum Gasteiger partial charge on any atom is 0.234 e. The molecular weight excluding hydrogens is 427 g/mol. The van der Waals surface area contributed by atoms with Gasteiger partial charge in [0.15, 0.2) is 4.34 Å². The lowest BCUT2D eigenvalue weighted by Crippen LogP contribution is -2.14. The van der Waals surface area contributed by atoms with Crippen LogP contribution in [0, 0.1) is 0 Å². The van der Waals surface area contributed by atoms with Crippen LogP contribution in [0.1, 0.15) is 0 Å². The number of halogens is 2. The van der Waals surface area contributed by atoms with Crippen LogP contribution in [-0.2, 0) is 4.79 Å². The molecule has 3 aromatic rings. The summed E-state index contributed by atoms with van der Waals surface area (Å²) in [5, 5.41) is 15.4. The number of aromatic nitrogens is 2. The van der Waals surface area contributed by atoms with Crippen LogP contribution in [-0.4, -0.2) is 29.0 Å². The van der Waals surface area contributed by atoms with Crippen LogP contribution in [0.3, 0.4) is 0 Å². The molecule has 0 spiro atoms. The zero-order valence-corrected chi connectivity index (χ0v) is 17.2. The molecule has 3 rings (SSSR count). The molecular formula is C17H14Cl2N4O2S2. The molecule has 0 bridgehead atoms. The fraction of sp³-hybridized carbons (Fsp3) is 0.118. The lowest BCUT2D eigenvalue weighted by molar-refractivity contribution is -0.113. The quantitative estimate of drug-likeness (QED) is 0.483. The fourth-order valence-corrected chi connectivity index (χ4v) is 4.16. The molecule has 140 valence electrons. The minimum absolute atomic E-state index is 0.158. The maximum absolute atomic E-state index is 12.1. The van der Waals surface area contributed by atoms with E-state index in [9.17, 15) is 4.79 Å². The molecule has 27 heavy (non-hydrogen) atoms. The molecule has 0 saturated heterocycles. The predicted octanol–water partition coefficient (Wildman–Crippen LogP) is 5.33. The number of nitrogens with zero attached hydrogens (tertiary/aromatic N) is 2. The number of anilines is 3. The lowest BCUT2D eigenvalue weighted by Gasteiger charge is -2.08. The fourth-order valence-electron chi connectivity index (χ4n) is 2.10. The molecule has 0 saturated carbocycles. The van der Waals surface area contributed by atoms with Crippen molar-refractivity contribution in [1.82, 2.24) is 10.2 Å². The van der Waals surface area contributed by atoms with E-state index < -0.39 is 0 Å². The van der Waals surface area contributed by atoms with Gasteiger partial charge in [0.2, 0.25) is 11.0 Å². The van der Waals surface area contributed by atoms with Crippen LogP contribution < -0.4 is 15.4 Å². The number of carbonyl (C=O) groups is 1. The Balaban J connectivity index is 1.57. The van der Waals surface area contributed by atoms with Crippen molar-refractivity contribution < 1.29 is 9.53 Å². The largest absolute Gasteiger partial charge is 0.495 e. The summed E-state index contributed by atoms with van der Waals surface area (Å²) in [7, 11) is 1.60. The van der Waals surface area contributed by atoms with Crippen LogP contribution >= 0.6 is 46.3 Å². The van der Waals surface area contributed by atoms with Gasteiger partial charge < -0.3 is 15.4 Å². The first-order valence-corrected chi connectivity index (χ1v) is 10.2. The molecule has 6 nitrogen and oxygen atoms in total. The smallest absolute Gasteiger partial charge is 0.234 e. The van der Waals surface area contributed by atoms with Gasteiger partial charge in [-0.05, 0) is 24.3 Å². The number of thioether (sulfide) groups is 1. The Morgan fingerprint density at radius 3 is 2.63 bits per heavy atom. The van der Waals surface area contributed by atoms with Crippen molar-refractivity contribution in [3.05, 3.63) is 52.5 Å². The summed E-state index contributed by atoms with van der Waals surface area (Å²) >= 11 is 14.7. The number of amides is 1. The number of nitrogens with one attached hydrogen (secondary N) is 2. The molecule has 0 fully saturated rings. The van der Waals surface area contributed by atoms with E-state index in [1.165, 1.54) is 23.1 Å². The highest BCUT2D eigenvalue weighted by molar-refractivity contribution is 8.01. The zero-order chi connectivity index (χ0) is 19.2. The highest BCUT2D eigenvalue weighted by atomic mass is 35.5. The Morgan fingerprint density at radius 2 is 1.89 bits per heavy atom. The van der Waals surface area contributed by atoms with Gasteiger partial charge in [-0.25, -0.2) is 0 Å². The standard InChI is InChI=1S/C17H14Cl2N4O2S2/c1-25-13-8-3-2-7-12(13)20-16-22-23-17(27-16)26-9-14(24)21-15-10(18)5-4-6-11(15)19/h2-8H,9H2,1H3,(H,20,22)(H,21,24). The van der Waals surface area contributed by atoms with Gasteiger partial charge in [-0.1, -0.05) is 64.5 Å². The first kappa shape index (κ1) is 19.8. The van der Waals surface area contributed by atoms with Crippen molar-refractivity contribution >= 4 is 68.7 Å². The number of methoxy groups -OCH3 is 1. The van der Waals surface area contributed by atoms with Crippen LogP contribution in [0.4, 0.5) is 16.5 Å². The molecule has 2 aromatic carbocycles. The van der Waals surface area contributed by atoms with Crippen molar-refractivity contribution in [3.8, 4) is 5.75 Å². The van der Waals surface area contributed by atoms with E-state index in [0.717, 1.165) is 5.69 Å². The molecule has 1 aromatic heterocycles. The van der Waals surface area contributed by atoms with Crippen LogP contribution in [0.2, 0.25) is 10.0 Å². The third-order valence-corrected chi connectivity index (χ3v) is 5.91. The van der Waals surface area contributed by atoms with Crippen molar-refractivity contribution in [2.75, 3.05) is 23.5 Å². The molecule has 0 aliphatic carbocycles. The second kappa shape index (κ2) is 9.27.